The quantitative estimate of drug-likeness (QED) is 0.267. The zero-order valence-electron chi connectivity index (χ0n) is 20.8. The minimum absolute atomic E-state index is 0.0604. The minimum atomic E-state index is -1.12. The molecule has 0 bridgehead atoms. The average molecular weight is 518 g/mol. The molecule has 0 aliphatic carbocycles. The summed E-state index contributed by atoms with van der Waals surface area (Å²) >= 11 is 0. The van der Waals surface area contributed by atoms with E-state index in [1.165, 1.54) is 24.1 Å². The van der Waals surface area contributed by atoms with Gasteiger partial charge in [-0.1, -0.05) is 36.4 Å². The minimum Gasteiger partial charge on any atom is -0.481 e. The first kappa shape index (κ1) is 26.3. The Balaban J connectivity index is 1.59. The monoisotopic (exact) mass is 517 g/mol. The van der Waals surface area contributed by atoms with Gasteiger partial charge in [-0.2, -0.15) is 0 Å². The van der Waals surface area contributed by atoms with Gasteiger partial charge in [0.1, 0.15) is 17.7 Å². The van der Waals surface area contributed by atoms with Crippen LogP contribution in [-0.2, 0) is 22.6 Å². The van der Waals surface area contributed by atoms with Crippen molar-refractivity contribution in [2.45, 2.75) is 25.4 Å². The molecule has 0 saturated carbocycles. The molecule has 0 saturated heterocycles. The third kappa shape index (κ3) is 5.80. The number of carboxylic acids is 1. The van der Waals surface area contributed by atoms with Gasteiger partial charge in [-0.15, -0.1) is 0 Å². The van der Waals surface area contributed by atoms with Gasteiger partial charge in [-0.05, 0) is 47.9 Å². The third-order valence-corrected chi connectivity index (χ3v) is 6.48. The molecule has 5 N–H and O–H groups in total. The van der Waals surface area contributed by atoms with Crippen molar-refractivity contribution in [3.05, 3.63) is 94.8 Å². The molecule has 1 heterocycles. The number of fused-ring (bicyclic) bond motifs is 1. The number of carbonyl (C=O) groups is 3. The van der Waals surface area contributed by atoms with Crippen LogP contribution in [0.4, 0.5) is 15.8 Å². The number of amidine groups is 1. The first-order valence-corrected chi connectivity index (χ1v) is 12.0. The number of carbonyl (C=O) groups excluding carboxylic acids is 2. The Morgan fingerprint density at radius 1 is 1.16 bits per heavy atom. The van der Waals surface area contributed by atoms with Gasteiger partial charge < -0.3 is 26.0 Å². The number of nitrogens with one attached hydrogen (secondary N) is 2. The summed E-state index contributed by atoms with van der Waals surface area (Å²) in [7, 11) is 1.49. The van der Waals surface area contributed by atoms with E-state index in [9.17, 15) is 23.9 Å². The number of hydrogen-bond donors (Lipinski definition) is 4. The SMILES string of the molecule is CN(C(=O)c1ccc2c(c1)N[C@H](CC(=O)O)C(=O)N(CCc1ccccc1)C2)c1ccc(C(=N)N)c(F)c1. The summed E-state index contributed by atoms with van der Waals surface area (Å²) in [6.45, 7) is 0.664. The number of hydrogen-bond acceptors (Lipinski definition) is 5. The second-order valence-electron chi connectivity index (χ2n) is 9.10. The summed E-state index contributed by atoms with van der Waals surface area (Å²) in [5.41, 5.74) is 8.15. The van der Waals surface area contributed by atoms with E-state index < -0.39 is 36.0 Å². The van der Waals surface area contributed by atoms with E-state index in [-0.39, 0.29) is 29.3 Å². The smallest absolute Gasteiger partial charge is 0.305 e. The van der Waals surface area contributed by atoms with Crippen LogP contribution >= 0.6 is 0 Å². The molecule has 1 aliphatic heterocycles. The number of rotatable bonds is 8. The topological polar surface area (TPSA) is 140 Å². The summed E-state index contributed by atoms with van der Waals surface area (Å²) in [6, 6.07) is 17.6. The highest BCUT2D eigenvalue weighted by Gasteiger charge is 2.31. The highest BCUT2D eigenvalue weighted by atomic mass is 19.1. The van der Waals surface area contributed by atoms with Crippen LogP contribution in [0.1, 0.15) is 33.5 Å². The van der Waals surface area contributed by atoms with Crippen LogP contribution in [-0.4, -0.2) is 53.3 Å². The van der Waals surface area contributed by atoms with Crippen molar-refractivity contribution in [2.24, 2.45) is 5.73 Å². The molecule has 0 unspecified atom stereocenters. The van der Waals surface area contributed by atoms with Gasteiger partial charge in [-0.25, -0.2) is 4.39 Å². The molecule has 3 aromatic rings. The van der Waals surface area contributed by atoms with E-state index in [0.717, 1.165) is 17.2 Å². The third-order valence-electron chi connectivity index (χ3n) is 6.48. The Morgan fingerprint density at radius 3 is 2.55 bits per heavy atom. The molecule has 0 aromatic heterocycles. The molecule has 4 rings (SSSR count). The van der Waals surface area contributed by atoms with Gasteiger partial charge >= 0.3 is 5.97 Å². The first-order valence-electron chi connectivity index (χ1n) is 12.0. The summed E-state index contributed by atoms with van der Waals surface area (Å²) in [6.07, 6.45) is 0.196. The molecule has 38 heavy (non-hydrogen) atoms. The average Bonchev–Trinajstić information content (AvgIpc) is 3.02. The van der Waals surface area contributed by atoms with E-state index in [4.69, 9.17) is 11.1 Å². The van der Waals surface area contributed by atoms with Crippen LogP contribution in [0.15, 0.2) is 66.7 Å². The summed E-state index contributed by atoms with van der Waals surface area (Å²) in [4.78, 5) is 40.9. The zero-order valence-corrected chi connectivity index (χ0v) is 20.8. The Kier molecular flexibility index (Phi) is 7.71. The Morgan fingerprint density at radius 2 is 1.89 bits per heavy atom. The lowest BCUT2D eigenvalue weighted by Gasteiger charge is -2.24. The van der Waals surface area contributed by atoms with Gasteiger partial charge in [0, 0.05) is 37.1 Å². The van der Waals surface area contributed by atoms with Gasteiger partial charge in [0.15, 0.2) is 0 Å². The van der Waals surface area contributed by atoms with E-state index in [1.54, 1.807) is 23.1 Å². The van der Waals surface area contributed by atoms with E-state index in [2.05, 4.69) is 5.32 Å². The number of aliphatic carboxylic acids is 1. The van der Waals surface area contributed by atoms with Gasteiger partial charge in [-0.3, -0.25) is 19.8 Å². The molecule has 0 fully saturated rings. The molecule has 1 atom stereocenters. The maximum atomic E-state index is 14.3. The molecule has 196 valence electrons. The molecular formula is C28H28FN5O4. The standard InChI is InChI=1S/C28H28FN5O4/c1-33(20-9-10-21(26(30)31)22(29)14-20)27(37)18-7-8-19-16-34(12-11-17-5-3-2-4-6-17)28(38)24(15-25(35)36)32-23(19)13-18/h2-10,13-14,24,32H,11-12,15-16H2,1H3,(H3,30,31)(H,35,36)/t24-/m1/s1. The normalized spacial score (nSPS) is 14.7. The summed E-state index contributed by atoms with van der Waals surface area (Å²) in [5.74, 6) is -3.02. The maximum absolute atomic E-state index is 14.3. The molecule has 0 radical (unpaired) electrons. The van der Waals surface area contributed by atoms with Crippen molar-refractivity contribution >= 4 is 35.0 Å². The van der Waals surface area contributed by atoms with E-state index in [0.29, 0.717) is 18.7 Å². The molecule has 2 amide bonds. The number of nitrogen functional groups attached to an aromatic ring is 1. The van der Waals surface area contributed by atoms with Crippen molar-refractivity contribution in [1.29, 1.82) is 5.41 Å². The van der Waals surface area contributed by atoms with Crippen LogP contribution < -0.4 is 16.0 Å². The van der Waals surface area contributed by atoms with Crippen LogP contribution in [0.25, 0.3) is 0 Å². The highest BCUT2D eigenvalue weighted by molar-refractivity contribution is 6.07. The molecule has 0 spiro atoms. The highest BCUT2D eigenvalue weighted by Crippen LogP contribution is 2.27. The number of nitrogens with zero attached hydrogens (tertiary/aromatic N) is 2. The fraction of sp³-hybridized carbons (Fsp3) is 0.214. The van der Waals surface area contributed by atoms with Gasteiger partial charge in [0.2, 0.25) is 5.91 Å². The summed E-state index contributed by atoms with van der Waals surface area (Å²) < 4.78 is 14.3. The molecular weight excluding hydrogens is 489 g/mol. The molecule has 9 nitrogen and oxygen atoms in total. The number of carboxylic acid groups (broad SMARTS) is 1. The van der Waals surface area contributed by atoms with Gasteiger partial charge in [0.25, 0.3) is 5.91 Å². The lowest BCUT2D eigenvalue weighted by molar-refractivity contribution is -0.141. The number of nitrogens with two attached hydrogens (primary N) is 1. The van der Waals surface area contributed by atoms with Gasteiger partial charge in [0.05, 0.1) is 12.0 Å². The number of amides is 2. The number of benzene rings is 3. The molecule has 10 heteroatoms. The predicted octanol–water partition coefficient (Wildman–Crippen LogP) is 3.23. The predicted molar refractivity (Wildman–Crippen MR) is 142 cm³/mol. The van der Waals surface area contributed by atoms with Crippen LogP contribution in [0, 0.1) is 11.2 Å². The number of halogens is 1. The van der Waals surface area contributed by atoms with Crippen LogP contribution in [0.2, 0.25) is 0 Å². The van der Waals surface area contributed by atoms with Crippen LogP contribution in [0.3, 0.4) is 0 Å². The summed E-state index contributed by atoms with van der Waals surface area (Å²) in [5, 5.41) is 19.9. The van der Waals surface area contributed by atoms with Crippen molar-refractivity contribution in [3.63, 3.8) is 0 Å². The lowest BCUT2D eigenvalue weighted by Crippen LogP contribution is -2.42. The maximum Gasteiger partial charge on any atom is 0.305 e. The Bertz CT molecular complexity index is 1400. The second-order valence-corrected chi connectivity index (χ2v) is 9.10. The van der Waals surface area contributed by atoms with Crippen molar-refractivity contribution < 1.29 is 23.9 Å². The zero-order chi connectivity index (χ0) is 27.4. The Labute approximate surface area is 219 Å². The first-order chi connectivity index (χ1) is 18.1. The fourth-order valence-corrected chi connectivity index (χ4v) is 4.39. The number of anilines is 2. The van der Waals surface area contributed by atoms with Crippen molar-refractivity contribution in [1.82, 2.24) is 4.90 Å². The Hall–Kier alpha value is -4.73. The van der Waals surface area contributed by atoms with Crippen LogP contribution in [0.5, 0.6) is 0 Å². The molecule has 1 aliphatic rings. The van der Waals surface area contributed by atoms with E-state index in [1.807, 2.05) is 30.3 Å². The fourth-order valence-electron chi connectivity index (χ4n) is 4.39. The lowest BCUT2D eigenvalue weighted by atomic mass is 10.1. The van der Waals surface area contributed by atoms with Crippen molar-refractivity contribution in [3.8, 4) is 0 Å². The largest absolute Gasteiger partial charge is 0.481 e. The molecule has 3 aromatic carbocycles. The van der Waals surface area contributed by atoms with Crippen molar-refractivity contribution in [2.75, 3.05) is 23.8 Å². The van der Waals surface area contributed by atoms with E-state index >= 15 is 0 Å². The second kappa shape index (κ2) is 11.1.